The smallest absolute Gasteiger partial charge is 0.356 e. The lowest BCUT2D eigenvalue weighted by molar-refractivity contribution is -0.152. The predicted molar refractivity (Wildman–Crippen MR) is 92.9 cm³/mol. The van der Waals surface area contributed by atoms with Gasteiger partial charge in [0.2, 0.25) is 9.70 Å². The van der Waals surface area contributed by atoms with E-state index in [0.29, 0.717) is 10.2 Å². The molecule has 6 nitrogen and oxygen atoms in total. The van der Waals surface area contributed by atoms with Gasteiger partial charge < -0.3 is 10.1 Å². The number of fused-ring (bicyclic) bond motifs is 1. The molecule has 0 aromatic carbocycles. The summed E-state index contributed by atoms with van der Waals surface area (Å²) in [7, 11) is 0. The molecule has 128 valence electrons. The van der Waals surface area contributed by atoms with Crippen LogP contribution in [0.2, 0.25) is 0 Å². The van der Waals surface area contributed by atoms with Gasteiger partial charge in [-0.25, -0.2) is 4.79 Å². The van der Waals surface area contributed by atoms with E-state index < -0.39 is 39.6 Å². The molecule has 0 spiro atoms. The predicted octanol–water partition coefficient (Wildman–Crippen LogP) is 2.15. The van der Waals surface area contributed by atoms with E-state index in [9.17, 15) is 14.4 Å². The molecule has 12 heteroatoms. The van der Waals surface area contributed by atoms with Crippen molar-refractivity contribution in [2.45, 2.75) is 15.2 Å². The Kier molecular flexibility index (Phi) is 6.41. The van der Waals surface area contributed by atoms with E-state index in [1.807, 2.05) is 0 Å². The minimum atomic E-state index is -1.75. The first-order valence-electron chi connectivity index (χ1n) is 6.08. The summed E-state index contributed by atoms with van der Waals surface area (Å²) >= 11 is 26.7. The van der Waals surface area contributed by atoms with Crippen LogP contribution in [0.15, 0.2) is 10.2 Å². The Bertz CT molecular complexity index is 583. The zero-order chi connectivity index (χ0) is 17.4. The van der Waals surface area contributed by atoms with Gasteiger partial charge in [-0.3, -0.25) is 14.5 Å². The van der Waals surface area contributed by atoms with Crippen molar-refractivity contribution < 1.29 is 19.1 Å². The first-order valence-corrected chi connectivity index (χ1v) is 9.59. The van der Waals surface area contributed by atoms with Gasteiger partial charge in [-0.05, 0) is 0 Å². The molecule has 2 amide bonds. The maximum absolute atomic E-state index is 12.2. The highest BCUT2D eigenvalue weighted by atomic mass is 79.9. The van der Waals surface area contributed by atoms with E-state index in [-0.39, 0.29) is 11.6 Å². The molecule has 23 heavy (non-hydrogen) atoms. The fraction of sp³-hybridized carbons (Fsp3) is 0.545. The standard InChI is InChI=1S/C11H9BrCl4N2O4S/c12-4-2-23-9-6(17-5(19)1-13)8(20)18(9)7(4)10(21)22-3-11(14,15)16/h6,9H,1-3H2,(H,17,19)/t6?,9-/m0/s1. The molecular formula is C11H9BrCl4N2O4S. The normalized spacial score (nSPS) is 24.0. The Labute approximate surface area is 164 Å². The van der Waals surface area contributed by atoms with Crippen LogP contribution in [-0.4, -0.2) is 56.1 Å². The highest BCUT2D eigenvalue weighted by Crippen LogP contribution is 2.42. The number of carbonyl (C=O) groups is 3. The summed E-state index contributed by atoms with van der Waals surface area (Å²) in [5, 5.41) is 2.10. The maximum atomic E-state index is 12.2. The van der Waals surface area contributed by atoms with E-state index in [2.05, 4.69) is 21.2 Å². The molecule has 0 aromatic heterocycles. The molecule has 2 rings (SSSR count). The summed E-state index contributed by atoms with van der Waals surface area (Å²) in [4.78, 5) is 37.0. The van der Waals surface area contributed by atoms with Gasteiger partial charge in [-0.1, -0.05) is 50.7 Å². The van der Waals surface area contributed by atoms with Crippen molar-refractivity contribution in [3.8, 4) is 0 Å². The quantitative estimate of drug-likeness (QED) is 0.374. The van der Waals surface area contributed by atoms with Crippen LogP contribution < -0.4 is 5.32 Å². The minimum absolute atomic E-state index is 0.0457. The van der Waals surface area contributed by atoms with Crippen molar-refractivity contribution in [3.63, 3.8) is 0 Å². The van der Waals surface area contributed by atoms with E-state index >= 15 is 0 Å². The number of ether oxygens (including phenoxy) is 1. The number of carbonyl (C=O) groups excluding carboxylic acids is 3. The number of alkyl halides is 4. The second-order valence-corrected chi connectivity index (χ2v) is 9.38. The van der Waals surface area contributed by atoms with E-state index in [1.165, 1.54) is 16.7 Å². The third-order valence-electron chi connectivity index (χ3n) is 2.92. The Morgan fingerprint density at radius 3 is 2.65 bits per heavy atom. The molecule has 1 unspecified atom stereocenters. The van der Waals surface area contributed by atoms with Crippen LogP contribution in [0.5, 0.6) is 0 Å². The van der Waals surface area contributed by atoms with Crippen molar-refractivity contribution in [2.24, 2.45) is 0 Å². The molecule has 1 N–H and O–H groups in total. The first kappa shape index (κ1) is 19.5. The minimum Gasteiger partial charge on any atom is -0.456 e. The molecule has 2 aliphatic rings. The SMILES string of the molecule is O=C(CCl)NC1C(=O)N2C(C(=O)OCC(Cl)(Cl)Cl)=C(Br)CS[C@@H]12. The molecule has 2 atom stereocenters. The van der Waals surface area contributed by atoms with E-state index in [4.69, 9.17) is 51.1 Å². The third kappa shape index (κ3) is 4.41. The van der Waals surface area contributed by atoms with Gasteiger partial charge in [0.1, 0.15) is 29.6 Å². The number of esters is 1. The average molecular weight is 487 g/mol. The van der Waals surface area contributed by atoms with Crippen molar-refractivity contribution in [3.05, 3.63) is 10.2 Å². The number of hydrogen-bond acceptors (Lipinski definition) is 5. The zero-order valence-corrected chi connectivity index (χ0v) is 16.6. The number of amides is 2. The summed E-state index contributed by atoms with van der Waals surface area (Å²) in [6, 6.07) is -0.733. The number of nitrogens with zero attached hydrogens (tertiary/aromatic N) is 1. The van der Waals surface area contributed by atoms with Crippen LogP contribution in [0.1, 0.15) is 0 Å². The Balaban J connectivity index is 2.11. The van der Waals surface area contributed by atoms with Gasteiger partial charge in [-0.2, -0.15) is 0 Å². The molecule has 2 aliphatic heterocycles. The number of halogens is 5. The van der Waals surface area contributed by atoms with Crippen molar-refractivity contribution >= 4 is 91.9 Å². The molecule has 0 radical (unpaired) electrons. The van der Waals surface area contributed by atoms with Crippen LogP contribution in [0.25, 0.3) is 0 Å². The summed E-state index contributed by atoms with van der Waals surface area (Å²) in [5.74, 6) is -1.50. The van der Waals surface area contributed by atoms with Gasteiger partial charge in [0.25, 0.3) is 5.91 Å². The molecule has 0 bridgehead atoms. The van der Waals surface area contributed by atoms with Crippen LogP contribution in [0.4, 0.5) is 0 Å². The molecule has 1 fully saturated rings. The number of hydrogen-bond donors (Lipinski definition) is 1. The van der Waals surface area contributed by atoms with E-state index in [0.717, 1.165) is 0 Å². The topological polar surface area (TPSA) is 75.7 Å². The number of β-lactam (4-membered cyclic amide) rings is 1. The van der Waals surface area contributed by atoms with Gasteiger partial charge in [0.05, 0.1) is 0 Å². The molecule has 1 saturated heterocycles. The van der Waals surface area contributed by atoms with E-state index in [1.54, 1.807) is 0 Å². The van der Waals surface area contributed by atoms with Crippen LogP contribution in [0, 0.1) is 0 Å². The average Bonchev–Trinajstić information content (AvgIpc) is 2.48. The largest absolute Gasteiger partial charge is 0.456 e. The van der Waals surface area contributed by atoms with Gasteiger partial charge in [0.15, 0.2) is 0 Å². The first-order chi connectivity index (χ1) is 10.7. The second-order valence-electron chi connectivity index (χ2n) is 4.53. The molecule has 2 heterocycles. The van der Waals surface area contributed by atoms with Crippen LogP contribution >= 0.6 is 74.1 Å². The monoisotopic (exact) mass is 484 g/mol. The lowest BCUT2D eigenvalue weighted by atomic mass is 10.1. The van der Waals surface area contributed by atoms with Crippen LogP contribution in [-0.2, 0) is 19.1 Å². The second kappa shape index (κ2) is 7.58. The third-order valence-corrected chi connectivity index (χ3v) is 5.80. The van der Waals surface area contributed by atoms with Gasteiger partial charge in [-0.15, -0.1) is 23.4 Å². The van der Waals surface area contributed by atoms with Gasteiger partial charge in [0, 0.05) is 10.2 Å². The maximum Gasteiger partial charge on any atom is 0.356 e. The van der Waals surface area contributed by atoms with Crippen molar-refractivity contribution in [1.82, 2.24) is 10.2 Å². The summed E-state index contributed by atoms with van der Waals surface area (Å²) < 4.78 is 3.66. The molecule has 0 aromatic rings. The number of thioether (sulfide) groups is 1. The fourth-order valence-electron chi connectivity index (χ4n) is 2.00. The van der Waals surface area contributed by atoms with Gasteiger partial charge >= 0.3 is 5.97 Å². The summed E-state index contributed by atoms with van der Waals surface area (Å²) in [6.07, 6.45) is 0. The highest BCUT2D eigenvalue weighted by molar-refractivity contribution is 9.11. The number of rotatable bonds is 4. The summed E-state index contributed by atoms with van der Waals surface area (Å²) in [5.41, 5.74) is 0.0457. The lowest BCUT2D eigenvalue weighted by Gasteiger charge is -2.49. The molecule has 0 aliphatic carbocycles. The highest BCUT2D eigenvalue weighted by Gasteiger charge is 2.54. The Morgan fingerprint density at radius 2 is 2.09 bits per heavy atom. The fourth-order valence-corrected chi connectivity index (χ4v) is 4.18. The summed E-state index contributed by atoms with van der Waals surface area (Å²) in [6.45, 7) is -0.452. The van der Waals surface area contributed by atoms with Crippen LogP contribution in [0.3, 0.4) is 0 Å². The lowest BCUT2D eigenvalue weighted by Crippen LogP contribution is -2.70. The molecule has 0 saturated carbocycles. The zero-order valence-electron chi connectivity index (χ0n) is 11.2. The Hall–Kier alpha value is 0.140. The number of nitrogens with one attached hydrogen (secondary N) is 1. The Morgan fingerprint density at radius 1 is 1.43 bits per heavy atom. The van der Waals surface area contributed by atoms with Crippen molar-refractivity contribution in [1.29, 1.82) is 0 Å². The van der Waals surface area contributed by atoms with Crippen molar-refractivity contribution in [2.75, 3.05) is 18.2 Å². The molecular weight excluding hydrogens is 478 g/mol.